The Morgan fingerprint density at radius 1 is 1.45 bits per heavy atom. The molecule has 2 heterocycles. The van der Waals surface area contributed by atoms with E-state index in [2.05, 4.69) is 10.3 Å². The number of nitrogens with one attached hydrogen (secondary N) is 1. The summed E-state index contributed by atoms with van der Waals surface area (Å²) in [7, 11) is 1.60. The summed E-state index contributed by atoms with van der Waals surface area (Å²) in [6, 6.07) is 4.36. The highest BCUT2D eigenvalue weighted by Crippen LogP contribution is 2.13. The maximum Gasteiger partial charge on any atom is 0.356 e. The van der Waals surface area contributed by atoms with Crippen molar-refractivity contribution in [2.24, 2.45) is 0 Å². The lowest BCUT2D eigenvalue weighted by molar-refractivity contribution is 0.0691. The minimum Gasteiger partial charge on any atom is -0.476 e. The first-order valence-electron chi connectivity index (χ1n) is 5.79. The molecule has 0 spiro atoms. The van der Waals surface area contributed by atoms with E-state index in [1.165, 1.54) is 29.7 Å². The zero-order chi connectivity index (χ0) is 14.5. The second-order valence-electron chi connectivity index (χ2n) is 4.12. The van der Waals surface area contributed by atoms with Gasteiger partial charge in [-0.15, -0.1) is 0 Å². The van der Waals surface area contributed by atoms with Gasteiger partial charge in [0, 0.05) is 18.8 Å². The molecule has 0 aliphatic carbocycles. The van der Waals surface area contributed by atoms with E-state index in [-0.39, 0.29) is 11.4 Å². The number of nitrogens with zero attached hydrogens (tertiary/aromatic N) is 2. The molecule has 0 aliphatic heterocycles. The van der Waals surface area contributed by atoms with Crippen LogP contribution in [-0.2, 0) is 6.54 Å². The number of carboxylic acid groups (broad SMARTS) is 1. The van der Waals surface area contributed by atoms with Crippen molar-refractivity contribution in [3.8, 4) is 0 Å². The van der Waals surface area contributed by atoms with Gasteiger partial charge < -0.3 is 19.7 Å². The van der Waals surface area contributed by atoms with E-state index in [0.717, 1.165) is 5.56 Å². The largest absolute Gasteiger partial charge is 0.476 e. The van der Waals surface area contributed by atoms with Crippen LogP contribution in [0.25, 0.3) is 0 Å². The Kier molecular flexibility index (Phi) is 3.99. The lowest BCUT2D eigenvalue weighted by Gasteiger charge is -2.17. The highest BCUT2D eigenvalue weighted by Gasteiger charge is 2.15. The maximum absolute atomic E-state index is 12.0. The van der Waals surface area contributed by atoms with Gasteiger partial charge >= 0.3 is 12.0 Å². The number of aromatic nitrogens is 1. The van der Waals surface area contributed by atoms with Crippen molar-refractivity contribution >= 4 is 17.7 Å². The molecule has 0 atom stereocenters. The highest BCUT2D eigenvalue weighted by molar-refractivity contribution is 5.98. The van der Waals surface area contributed by atoms with Crippen molar-refractivity contribution in [1.82, 2.24) is 9.88 Å². The Balaban J connectivity index is 2.06. The average molecular weight is 275 g/mol. The minimum absolute atomic E-state index is 0.157. The minimum atomic E-state index is -1.20. The maximum atomic E-state index is 12.0. The number of furan rings is 1. The lowest BCUT2D eigenvalue weighted by Crippen LogP contribution is -2.31. The molecule has 0 unspecified atom stereocenters. The summed E-state index contributed by atoms with van der Waals surface area (Å²) in [6.07, 6.45) is 4.41. The number of hydrogen-bond donors (Lipinski definition) is 2. The van der Waals surface area contributed by atoms with Crippen molar-refractivity contribution in [2.45, 2.75) is 6.54 Å². The fourth-order valence-electron chi connectivity index (χ4n) is 1.62. The molecule has 0 bridgehead atoms. The Morgan fingerprint density at radius 3 is 2.90 bits per heavy atom. The van der Waals surface area contributed by atoms with Gasteiger partial charge in [0.25, 0.3) is 0 Å². The van der Waals surface area contributed by atoms with Gasteiger partial charge in [-0.3, -0.25) is 0 Å². The number of hydrogen-bond acceptors (Lipinski definition) is 4. The first-order chi connectivity index (χ1) is 9.58. The lowest BCUT2D eigenvalue weighted by atomic mass is 10.3. The first-order valence-corrected chi connectivity index (χ1v) is 5.79. The van der Waals surface area contributed by atoms with Crippen LogP contribution in [0.1, 0.15) is 16.1 Å². The van der Waals surface area contributed by atoms with Crippen molar-refractivity contribution < 1.29 is 19.1 Å². The molecule has 2 aromatic heterocycles. The fourth-order valence-corrected chi connectivity index (χ4v) is 1.62. The van der Waals surface area contributed by atoms with E-state index in [1.54, 1.807) is 19.2 Å². The summed E-state index contributed by atoms with van der Waals surface area (Å²) in [5, 5.41) is 11.5. The van der Waals surface area contributed by atoms with Crippen LogP contribution in [0.15, 0.2) is 41.3 Å². The monoisotopic (exact) mass is 275 g/mol. The van der Waals surface area contributed by atoms with E-state index in [4.69, 9.17) is 9.52 Å². The number of urea groups is 1. The Hall–Kier alpha value is -2.83. The summed E-state index contributed by atoms with van der Waals surface area (Å²) in [6.45, 7) is 0.352. The third kappa shape index (κ3) is 3.14. The molecular formula is C13H13N3O4. The summed E-state index contributed by atoms with van der Waals surface area (Å²) < 4.78 is 4.92. The number of aromatic carboxylic acids is 1. The third-order valence-corrected chi connectivity index (χ3v) is 2.60. The van der Waals surface area contributed by atoms with Crippen molar-refractivity contribution in [2.75, 3.05) is 12.4 Å². The molecule has 7 heteroatoms. The van der Waals surface area contributed by atoms with Gasteiger partial charge in [0.15, 0.2) is 5.69 Å². The molecule has 7 nitrogen and oxygen atoms in total. The molecule has 0 radical (unpaired) electrons. The smallest absolute Gasteiger partial charge is 0.356 e. The summed E-state index contributed by atoms with van der Waals surface area (Å²) in [5.41, 5.74) is 0.800. The second kappa shape index (κ2) is 5.87. The van der Waals surface area contributed by atoms with E-state index in [9.17, 15) is 9.59 Å². The van der Waals surface area contributed by atoms with E-state index < -0.39 is 12.0 Å². The SMILES string of the molecule is CN(Cc1ccoc1)C(=O)Nc1cccnc1C(=O)O. The zero-order valence-corrected chi connectivity index (χ0v) is 10.7. The van der Waals surface area contributed by atoms with E-state index in [0.29, 0.717) is 6.54 Å². The Morgan fingerprint density at radius 2 is 2.25 bits per heavy atom. The highest BCUT2D eigenvalue weighted by atomic mass is 16.4. The van der Waals surface area contributed by atoms with Crippen LogP contribution >= 0.6 is 0 Å². The topological polar surface area (TPSA) is 95.7 Å². The molecule has 104 valence electrons. The van der Waals surface area contributed by atoms with Crippen molar-refractivity contribution in [1.29, 1.82) is 0 Å². The molecule has 2 rings (SSSR count). The number of carboxylic acids is 1. The van der Waals surface area contributed by atoms with Crippen LogP contribution in [0.5, 0.6) is 0 Å². The second-order valence-corrected chi connectivity index (χ2v) is 4.12. The Bertz CT molecular complexity index is 610. The summed E-state index contributed by atoms with van der Waals surface area (Å²) in [5.74, 6) is -1.20. The Labute approximate surface area is 114 Å². The van der Waals surface area contributed by atoms with E-state index in [1.807, 2.05) is 0 Å². The normalized spacial score (nSPS) is 10.1. The number of amides is 2. The van der Waals surface area contributed by atoms with Gasteiger partial charge in [0.05, 0.1) is 24.8 Å². The molecular weight excluding hydrogens is 262 g/mol. The number of pyridine rings is 1. The van der Waals surface area contributed by atoms with Gasteiger partial charge in [0.1, 0.15) is 0 Å². The zero-order valence-electron chi connectivity index (χ0n) is 10.7. The molecule has 2 N–H and O–H groups in total. The number of rotatable bonds is 4. The molecule has 20 heavy (non-hydrogen) atoms. The average Bonchev–Trinajstić information content (AvgIpc) is 2.91. The third-order valence-electron chi connectivity index (χ3n) is 2.60. The first kappa shape index (κ1) is 13.6. The number of carbonyl (C=O) groups is 2. The van der Waals surface area contributed by atoms with Crippen LogP contribution in [0.3, 0.4) is 0 Å². The molecule has 0 saturated carbocycles. The van der Waals surface area contributed by atoms with Gasteiger partial charge in [-0.25, -0.2) is 14.6 Å². The molecule has 0 aromatic carbocycles. The molecule has 0 saturated heterocycles. The van der Waals surface area contributed by atoms with Gasteiger partial charge in [-0.1, -0.05) is 0 Å². The van der Waals surface area contributed by atoms with Crippen LogP contribution in [0.4, 0.5) is 10.5 Å². The van der Waals surface area contributed by atoms with Gasteiger partial charge in [-0.2, -0.15) is 0 Å². The van der Waals surface area contributed by atoms with E-state index >= 15 is 0 Å². The van der Waals surface area contributed by atoms with Crippen LogP contribution < -0.4 is 5.32 Å². The van der Waals surface area contributed by atoms with Gasteiger partial charge in [-0.05, 0) is 18.2 Å². The van der Waals surface area contributed by atoms with Crippen molar-refractivity contribution in [3.63, 3.8) is 0 Å². The number of carbonyl (C=O) groups excluding carboxylic acids is 1. The standard InChI is InChI=1S/C13H13N3O4/c1-16(7-9-4-6-20-8-9)13(19)15-10-3-2-5-14-11(10)12(17)18/h2-6,8H,7H2,1H3,(H,15,19)(H,17,18). The fraction of sp³-hybridized carbons (Fsp3) is 0.154. The van der Waals surface area contributed by atoms with Gasteiger partial charge in [0.2, 0.25) is 0 Å². The predicted octanol–water partition coefficient (Wildman–Crippen LogP) is 2.04. The van der Waals surface area contributed by atoms with Crippen LogP contribution in [-0.4, -0.2) is 34.0 Å². The van der Waals surface area contributed by atoms with Crippen LogP contribution in [0.2, 0.25) is 0 Å². The summed E-state index contributed by atoms with van der Waals surface area (Å²) >= 11 is 0. The van der Waals surface area contributed by atoms with Crippen LogP contribution in [0, 0.1) is 0 Å². The molecule has 0 fully saturated rings. The predicted molar refractivity (Wildman–Crippen MR) is 70.4 cm³/mol. The quantitative estimate of drug-likeness (QED) is 0.890. The number of anilines is 1. The molecule has 0 aliphatic rings. The summed E-state index contributed by atoms with van der Waals surface area (Å²) in [4.78, 5) is 28.1. The van der Waals surface area contributed by atoms with Crippen molar-refractivity contribution in [3.05, 3.63) is 48.2 Å². The molecule has 2 amide bonds. The molecule has 2 aromatic rings.